The van der Waals surface area contributed by atoms with Crippen molar-refractivity contribution in [2.75, 3.05) is 13.2 Å². The second-order valence-electron chi connectivity index (χ2n) is 4.26. The maximum Gasteiger partial charge on any atom is 0.223 e. The molecule has 0 aromatic heterocycles. The molecule has 1 rings (SSSR count). The van der Waals surface area contributed by atoms with Crippen LogP contribution in [0.1, 0.15) is 26.2 Å². The smallest absolute Gasteiger partial charge is 0.223 e. The van der Waals surface area contributed by atoms with Crippen LogP contribution in [-0.2, 0) is 4.79 Å². The lowest BCUT2D eigenvalue weighted by molar-refractivity contribution is -0.121. The summed E-state index contributed by atoms with van der Waals surface area (Å²) >= 11 is 3.35. The molecule has 2 N–H and O–H groups in total. The van der Waals surface area contributed by atoms with Gasteiger partial charge in [-0.05, 0) is 31.0 Å². The van der Waals surface area contributed by atoms with Gasteiger partial charge in [-0.15, -0.1) is 0 Å². The Balaban J connectivity index is 2.13. The molecule has 0 spiro atoms. The lowest BCUT2D eigenvalue weighted by Gasteiger charge is -2.09. The van der Waals surface area contributed by atoms with E-state index < -0.39 is 0 Å². The minimum atomic E-state index is -0.335. The van der Waals surface area contributed by atoms with E-state index in [-0.39, 0.29) is 12.0 Å². The van der Waals surface area contributed by atoms with Crippen molar-refractivity contribution < 1.29 is 14.6 Å². The number of ether oxygens (including phenoxy) is 1. The van der Waals surface area contributed by atoms with Crippen LogP contribution in [0.5, 0.6) is 5.75 Å². The summed E-state index contributed by atoms with van der Waals surface area (Å²) in [7, 11) is 0. The fourth-order valence-corrected chi connectivity index (χ4v) is 1.87. The lowest BCUT2D eigenvalue weighted by Crippen LogP contribution is -2.28. The average molecular weight is 330 g/mol. The molecule has 0 saturated heterocycles. The molecule has 0 bridgehead atoms. The topological polar surface area (TPSA) is 58.6 Å². The standard InChI is InChI=1S/C14H20BrNO3/c1-2-12(17)6-8-16-14(18)7-9-19-13-5-3-4-11(15)10-13/h3-5,10,12,17H,2,6-9H2,1H3,(H,16,18). The molecule has 1 amide bonds. The van der Waals surface area contributed by atoms with Crippen molar-refractivity contribution in [2.24, 2.45) is 0 Å². The van der Waals surface area contributed by atoms with Crippen LogP contribution >= 0.6 is 15.9 Å². The average Bonchev–Trinajstić information content (AvgIpc) is 2.38. The number of nitrogens with one attached hydrogen (secondary N) is 1. The van der Waals surface area contributed by atoms with Gasteiger partial charge in [-0.25, -0.2) is 0 Å². The first kappa shape index (κ1) is 16.0. The molecule has 1 aromatic carbocycles. The number of rotatable bonds is 8. The number of hydrogen-bond acceptors (Lipinski definition) is 3. The zero-order chi connectivity index (χ0) is 14.1. The summed E-state index contributed by atoms with van der Waals surface area (Å²) in [5.41, 5.74) is 0. The number of aliphatic hydroxyl groups is 1. The van der Waals surface area contributed by atoms with E-state index in [1.165, 1.54) is 0 Å². The molecule has 1 unspecified atom stereocenters. The largest absolute Gasteiger partial charge is 0.493 e. The molecule has 106 valence electrons. The van der Waals surface area contributed by atoms with E-state index in [2.05, 4.69) is 21.2 Å². The Morgan fingerprint density at radius 2 is 2.32 bits per heavy atom. The summed E-state index contributed by atoms with van der Waals surface area (Å²) in [4.78, 5) is 11.5. The third-order valence-electron chi connectivity index (χ3n) is 2.66. The van der Waals surface area contributed by atoms with Crippen molar-refractivity contribution in [1.82, 2.24) is 5.32 Å². The van der Waals surface area contributed by atoms with Gasteiger partial charge in [0, 0.05) is 11.0 Å². The minimum absolute atomic E-state index is 0.0571. The highest BCUT2D eigenvalue weighted by atomic mass is 79.9. The third kappa shape index (κ3) is 7.18. The van der Waals surface area contributed by atoms with Gasteiger partial charge in [-0.1, -0.05) is 28.9 Å². The molecule has 0 heterocycles. The number of carbonyl (C=O) groups excluding carboxylic acids is 1. The zero-order valence-electron chi connectivity index (χ0n) is 11.1. The van der Waals surface area contributed by atoms with E-state index in [9.17, 15) is 9.90 Å². The fraction of sp³-hybridized carbons (Fsp3) is 0.500. The predicted octanol–water partition coefficient (Wildman–Crippen LogP) is 2.50. The van der Waals surface area contributed by atoms with Crippen LogP contribution in [0.15, 0.2) is 28.7 Å². The Morgan fingerprint density at radius 3 is 3.00 bits per heavy atom. The van der Waals surface area contributed by atoms with Crippen molar-refractivity contribution in [3.05, 3.63) is 28.7 Å². The molecule has 0 saturated carbocycles. The molecular formula is C14H20BrNO3. The molecule has 0 aliphatic heterocycles. The van der Waals surface area contributed by atoms with Gasteiger partial charge in [0.25, 0.3) is 0 Å². The predicted molar refractivity (Wildman–Crippen MR) is 78.2 cm³/mol. The monoisotopic (exact) mass is 329 g/mol. The van der Waals surface area contributed by atoms with Gasteiger partial charge in [-0.3, -0.25) is 4.79 Å². The molecule has 0 fully saturated rings. The number of benzene rings is 1. The van der Waals surface area contributed by atoms with Gasteiger partial charge < -0.3 is 15.2 Å². The Bertz CT molecular complexity index is 398. The van der Waals surface area contributed by atoms with Crippen molar-refractivity contribution in [3.63, 3.8) is 0 Å². The SMILES string of the molecule is CCC(O)CCNC(=O)CCOc1cccc(Br)c1. The Kier molecular flexibility index (Phi) is 7.52. The van der Waals surface area contributed by atoms with Crippen LogP contribution in [0.4, 0.5) is 0 Å². The highest BCUT2D eigenvalue weighted by Crippen LogP contribution is 2.17. The van der Waals surface area contributed by atoms with Crippen molar-refractivity contribution in [3.8, 4) is 5.75 Å². The number of carbonyl (C=O) groups is 1. The molecule has 1 atom stereocenters. The Hall–Kier alpha value is -1.07. The zero-order valence-corrected chi connectivity index (χ0v) is 12.6. The van der Waals surface area contributed by atoms with Crippen LogP contribution in [-0.4, -0.2) is 30.3 Å². The Morgan fingerprint density at radius 1 is 1.53 bits per heavy atom. The first-order valence-corrected chi connectivity index (χ1v) is 7.24. The van der Waals surface area contributed by atoms with E-state index in [0.717, 1.165) is 10.2 Å². The van der Waals surface area contributed by atoms with Gasteiger partial charge in [-0.2, -0.15) is 0 Å². The van der Waals surface area contributed by atoms with Crippen LogP contribution < -0.4 is 10.1 Å². The molecule has 1 aromatic rings. The van der Waals surface area contributed by atoms with Crippen molar-refractivity contribution in [2.45, 2.75) is 32.3 Å². The maximum absolute atomic E-state index is 11.5. The number of amides is 1. The number of hydrogen-bond donors (Lipinski definition) is 2. The van der Waals surface area contributed by atoms with Gasteiger partial charge in [0.1, 0.15) is 5.75 Å². The van der Waals surface area contributed by atoms with E-state index in [1.807, 2.05) is 31.2 Å². The normalized spacial score (nSPS) is 11.9. The van der Waals surface area contributed by atoms with Crippen molar-refractivity contribution in [1.29, 1.82) is 0 Å². The summed E-state index contributed by atoms with van der Waals surface area (Å²) in [5, 5.41) is 12.1. The summed E-state index contributed by atoms with van der Waals surface area (Å²) in [5.74, 6) is 0.682. The third-order valence-corrected chi connectivity index (χ3v) is 3.16. The quantitative estimate of drug-likeness (QED) is 0.770. The fourth-order valence-electron chi connectivity index (χ4n) is 1.49. The van der Waals surface area contributed by atoms with Crippen LogP contribution in [0.25, 0.3) is 0 Å². The Labute approximate surface area is 122 Å². The molecule has 0 aliphatic carbocycles. The molecule has 0 radical (unpaired) electrons. The highest BCUT2D eigenvalue weighted by molar-refractivity contribution is 9.10. The van der Waals surface area contributed by atoms with Gasteiger partial charge in [0.05, 0.1) is 19.1 Å². The van der Waals surface area contributed by atoms with Crippen LogP contribution in [0.3, 0.4) is 0 Å². The number of halogens is 1. The molecule has 19 heavy (non-hydrogen) atoms. The summed E-state index contributed by atoms with van der Waals surface area (Å²) in [6.07, 6.45) is 1.28. The molecule has 0 aliphatic rings. The number of aliphatic hydroxyl groups excluding tert-OH is 1. The lowest BCUT2D eigenvalue weighted by atomic mass is 10.2. The van der Waals surface area contributed by atoms with Crippen LogP contribution in [0.2, 0.25) is 0 Å². The first-order valence-electron chi connectivity index (χ1n) is 6.45. The van der Waals surface area contributed by atoms with Gasteiger partial charge >= 0.3 is 0 Å². The summed E-state index contributed by atoms with van der Waals surface area (Å²) in [6.45, 7) is 2.77. The molecule has 4 nitrogen and oxygen atoms in total. The minimum Gasteiger partial charge on any atom is -0.493 e. The van der Waals surface area contributed by atoms with E-state index >= 15 is 0 Å². The maximum atomic E-state index is 11.5. The highest BCUT2D eigenvalue weighted by Gasteiger charge is 2.04. The second kappa shape index (κ2) is 8.93. The van der Waals surface area contributed by atoms with Gasteiger partial charge in [0.2, 0.25) is 5.91 Å². The van der Waals surface area contributed by atoms with E-state index in [1.54, 1.807) is 0 Å². The van der Waals surface area contributed by atoms with Gasteiger partial charge in [0.15, 0.2) is 0 Å². The second-order valence-corrected chi connectivity index (χ2v) is 5.17. The molecular weight excluding hydrogens is 310 g/mol. The summed E-state index contributed by atoms with van der Waals surface area (Å²) < 4.78 is 6.41. The van der Waals surface area contributed by atoms with Crippen LogP contribution in [0, 0.1) is 0 Å². The van der Waals surface area contributed by atoms with E-state index in [4.69, 9.17) is 4.74 Å². The summed E-state index contributed by atoms with van der Waals surface area (Å²) in [6, 6.07) is 7.50. The molecule has 5 heteroatoms. The first-order chi connectivity index (χ1) is 9.11. The van der Waals surface area contributed by atoms with E-state index in [0.29, 0.717) is 32.4 Å². The van der Waals surface area contributed by atoms with Crippen molar-refractivity contribution >= 4 is 21.8 Å².